The summed E-state index contributed by atoms with van der Waals surface area (Å²) in [5.74, 6) is 0. The Morgan fingerprint density at radius 3 is 2.60 bits per heavy atom. The van der Waals surface area contributed by atoms with Crippen molar-refractivity contribution in [1.82, 2.24) is 4.67 Å². The molecule has 0 aromatic rings. The Kier molecular flexibility index (Phi) is 11.7. The third-order valence-electron chi connectivity index (χ3n) is 0.563. The molecule has 3 nitrogen and oxygen atoms in total. The van der Waals surface area contributed by atoms with Crippen molar-refractivity contribution in [1.29, 1.82) is 5.26 Å². The summed E-state index contributed by atoms with van der Waals surface area (Å²) in [4.78, 5) is 0. The minimum absolute atomic E-state index is 0. The number of hydrogen-bond acceptors (Lipinski definition) is 3. The summed E-state index contributed by atoms with van der Waals surface area (Å²) in [5, 5.41) is 8.09. The van der Waals surface area contributed by atoms with E-state index < -0.39 is 0 Å². The SMILES string of the molecule is CN(C)POCCC#N.Cl. The van der Waals surface area contributed by atoms with E-state index in [2.05, 4.69) is 0 Å². The smallest absolute Gasteiger partial charge is 0.0884 e. The normalized spacial score (nSPS) is 9.80. The van der Waals surface area contributed by atoms with Crippen LogP contribution in [0.5, 0.6) is 0 Å². The number of nitrogens with zero attached hydrogens (tertiary/aromatic N) is 2. The lowest BCUT2D eigenvalue weighted by Crippen LogP contribution is -1.98. The Balaban J connectivity index is 0. The minimum Gasteiger partial charge on any atom is -0.345 e. The average molecular weight is 183 g/mol. The second-order valence-electron chi connectivity index (χ2n) is 1.74. The summed E-state index contributed by atoms with van der Waals surface area (Å²) in [6.45, 7) is 0.549. The first kappa shape index (κ1) is 12.8. The molecule has 0 heterocycles. The predicted molar refractivity (Wildman–Crippen MR) is 45.4 cm³/mol. The van der Waals surface area contributed by atoms with Crippen LogP contribution >= 0.6 is 21.4 Å². The largest absolute Gasteiger partial charge is 0.345 e. The van der Waals surface area contributed by atoms with E-state index in [-0.39, 0.29) is 12.4 Å². The van der Waals surface area contributed by atoms with Gasteiger partial charge in [-0.3, -0.25) is 4.67 Å². The van der Waals surface area contributed by atoms with Gasteiger partial charge in [-0.25, -0.2) is 0 Å². The fraction of sp³-hybridized carbons (Fsp3) is 0.800. The standard InChI is InChI=1S/C5H11N2OP.ClH/c1-7(2)9-8-5-3-4-6;/h9H,3,5H2,1-2H3;1H. The van der Waals surface area contributed by atoms with Crippen LogP contribution in [0.3, 0.4) is 0 Å². The van der Waals surface area contributed by atoms with Gasteiger partial charge in [0.25, 0.3) is 0 Å². The third kappa shape index (κ3) is 11.0. The van der Waals surface area contributed by atoms with Crippen LogP contribution in [-0.4, -0.2) is 25.4 Å². The molecule has 0 radical (unpaired) electrons. The van der Waals surface area contributed by atoms with Gasteiger partial charge in [0.2, 0.25) is 0 Å². The Hall–Kier alpha value is 0.130. The highest BCUT2D eigenvalue weighted by molar-refractivity contribution is 7.29. The molecule has 0 aromatic carbocycles. The van der Waals surface area contributed by atoms with Gasteiger partial charge in [0, 0.05) is 0 Å². The molecular formula is C5H12ClN2OP. The number of hydrogen-bond donors (Lipinski definition) is 0. The maximum absolute atomic E-state index is 8.09. The number of halogens is 1. The number of rotatable bonds is 4. The minimum atomic E-state index is 0. The molecule has 0 spiro atoms. The van der Waals surface area contributed by atoms with E-state index in [1.54, 1.807) is 0 Å². The lowest BCUT2D eigenvalue weighted by molar-refractivity contribution is 0.351. The Morgan fingerprint density at radius 2 is 2.20 bits per heavy atom. The molecule has 0 N–H and O–H groups in total. The van der Waals surface area contributed by atoms with E-state index in [1.807, 2.05) is 24.8 Å². The second kappa shape index (κ2) is 9.13. The highest BCUT2D eigenvalue weighted by atomic mass is 35.5. The van der Waals surface area contributed by atoms with Crippen molar-refractivity contribution in [2.75, 3.05) is 20.7 Å². The van der Waals surface area contributed by atoms with Crippen molar-refractivity contribution in [2.24, 2.45) is 0 Å². The molecule has 0 saturated heterocycles. The van der Waals surface area contributed by atoms with E-state index in [0.717, 1.165) is 0 Å². The monoisotopic (exact) mass is 182 g/mol. The molecule has 10 heavy (non-hydrogen) atoms. The first-order chi connectivity index (χ1) is 4.27. The summed E-state index contributed by atoms with van der Waals surface area (Å²) in [6, 6.07) is 2.00. The Morgan fingerprint density at radius 1 is 1.60 bits per heavy atom. The van der Waals surface area contributed by atoms with E-state index in [0.29, 0.717) is 22.0 Å². The van der Waals surface area contributed by atoms with Crippen molar-refractivity contribution in [3.05, 3.63) is 0 Å². The van der Waals surface area contributed by atoms with Crippen molar-refractivity contribution >= 4 is 21.4 Å². The quantitative estimate of drug-likeness (QED) is 0.487. The van der Waals surface area contributed by atoms with Gasteiger partial charge in [-0.2, -0.15) is 5.26 Å². The topological polar surface area (TPSA) is 36.3 Å². The molecular weight excluding hydrogens is 170 g/mol. The van der Waals surface area contributed by atoms with Gasteiger partial charge >= 0.3 is 0 Å². The van der Waals surface area contributed by atoms with Crippen LogP contribution in [0.2, 0.25) is 0 Å². The number of nitriles is 1. The molecule has 0 saturated carbocycles. The van der Waals surface area contributed by atoms with Crippen LogP contribution in [0.25, 0.3) is 0 Å². The molecule has 0 amide bonds. The van der Waals surface area contributed by atoms with Gasteiger partial charge in [-0.1, -0.05) is 0 Å². The molecule has 0 fully saturated rings. The summed E-state index contributed by atoms with van der Waals surface area (Å²) in [7, 11) is 4.25. The maximum atomic E-state index is 8.09. The summed E-state index contributed by atoms with van der Waals surface area (Å²) in [6.07, 6.45) is 0.487. The third-order valence-corrected chi connectivity index (χ3v) is 1.26. The molecule has 5 heteroatoms. The van der Waals surface area contributed by atoms with Crippen LogP contribution in [0.1, 0.15) is 6.42 Å². The second-order valence-corrected chi connectivity index (χ2v) is 3.11. The fourth-order valence-electron chi connectivity index (χ4n) is 0.271. The molecule has 0 aliphatic heterocycles. The lowest BCUT2D eigenvalue weighted by Gasteiger charge is -2.07. The van der Waals surface area contributed by atoms with Crippen LogP contribution < -0.4 is 0 Å². The zero-order valence-electron chi connectivity index (χ0n) is 6.13. The lowest BCUT2D eigenvalue weighted by atomic mass is 10.5. The molecule has 1 atom stereocenters. The zero-order valence-corrected chi connectivity index (χ0v) is 7.94. The molecule has 0 bridgehead atoms. The molecule has 0 aromatic heterocycles. The van der Waals surface area contributed by atoms with E-state index in [4.69, 9.17) is 9.79 Å². The van der Waals surface area contributed by atoms with Crippen LogP contribution in [0, 0.1) is 11.3 Å². The molecule has 0 rings (SSSR count). The van der Waals surface area contributed by atoms with Crippen molar-refractivity contribution < 1.29 is 4.52 Å². The molecule has 60 valence electrons. The molecule has 0 aliphatic rings. The van der Waals surface area contributed by atoms with Crippen molar-refractivity contribution in [2.45, 2.75) is 6.42 Å². The maximum Gasteiger partial charge on any atom is 0.0884 e. The van der Waals surface area contributed by atoms with Gasteiger partial charge in [0.15, 0.2) is 0 Å². The van der Waals surface area contributed by atoms with E-state index in [9.17, 15) is 0 Å². The van der Waals surface area contributed by atoms with Gasteiger partial charge in [0.05, 0.1) is 28.1 Å². The fourth-order valence-corrected chi connectivity index (χ4v) is 0.723. The first-order valence-corrected chi connectivity index (χ1v) is 3.54. The van der Waals surface area contributed by atoms with Crippen molar-refractivity contribution in [3.8, 4) is 6.07 Å². The van der Waals surface area contributed by atoms with Gasteiger partial charge in [-0.05, 0) is 14.1 Å². The highest BCUT2D eigenvalue weighted by Gasteiger charge is 1.87. The predicted octanol–water partition coefficient (Wildman–Crippen LogP) is 1.41. The van der Waals surface area contributed by atoms with Gasteiger partial charge < -0.3 is 4.52 Å². The Labute approximate surface area is 69.7 Å². The zero-order chi connectivity index (χ0) is 7.11. The molecule has 1 unspecified atom stereocenters. The van der Waals surface area contributed by atoms with Crippen LogP contribution in [0.4, 0.5) is 0 Å². The van der Waals surface area contributed by atoms with E-state index >= 15 is 0 Å². The Bertz CT molecular complexity index is 104. The molecule has 0 aliphatic carbocycles. The van der Waals surface area contributed by atoms with Gasteiger partial charge in [-0.15, -0.1) is 12.4 Å². The highest BCUT2D eigenvalue weighted by Crippen LogP contribution is 2.13. The van der Waals surface area contributed by atoms with Crippen LogP contribution in [-0.2, 0) is 4.52 Å². The average Bonchev–Trinajstić information content (AvgIpc) is 1.80. The van der Waals surface area contributed by atoms with Crippen LogP contribution in [0.15, 0.2) is 0 Å². The van der Waals surface area contributed by atoms with Crippen molar-refractivity contribution in [3.63, 3.8) is 0 Å². The first-order valence-electron chi connectivity index (χ1n) is 2.69. The summed E-state index contributed by atoms with van der Waals surface area (Å²) < 4.78 is 7.01. The van der Waals surface area contributed by atoms with Gasteiger partial charge in [0.1, 0.15) is 0 Å². The summed E-state index contributed by atoms with van der Waals surface area (Å²) in [5.41, 5.74) is 0. The van der Waals surface area contributed by atoms with E-state index in [1.165, 1.54) is 0 Å². The summed E-state index contributed by atoms with van der Waals surface area (Å²) >= 11 is 0.